The number of benzene rings is 2. The number of fused-ring (bicyclic) bond motifs is 1. The van der Waals surface area contributed by atoms with E-state index in [0.29, 0.717) is 22.4 Å². The molecule has 1 fully saturated rings. The molecule has 0 aromatic heterocycles. The Morgan fingerprint density at radius 1 is 1.22 bits per heavy atom. The minimum Gasteiger partial charge on any atom is -0.434 e. The number of hydrogen-bond acceptors (Lipinski definition) is 5. The molecule has 1 unspecified atom stereocenters. The number of ether oxygens (including phenoxy) is 1. The standard InChI is InChI=1S/C22H19F2N3O5/c1-11-15(3-2-4-17(11)32-22(23)24)25-19(29)12-5-6-14-13(9-12)10-27(21(14)31)16-7-8-18(28)26-20(16)30/h2-6,9,16,22H,7-8,10H2,1H3,(H,25,29)(H,26,28,30). The summed E-state index contributed by atoms with van der Waals surface area (Å²) >= 11 is 0. The van der Waals surface area contributed by atoms with E-state index in [0.717, 1.165) is 0 Å². The second-order valence-corrected chi connectivity index (χ2v) is 7.53. The number of rotatable bonds is 5. The largest absolute Gasteiger partial charge is 0.434 e. The zero-order valence-electron chi connectivity index (χ0n) is 17.0. The molecule has 4 rings (SSSR count). The van der Waals surface area contributed by atoms with Crippen LogP contribution in [0.15, 0.2) is 36.4 Å². The second-order valence-electron chi connectivity index (χ2n) is 7.53. The lowest BCUT2D eigenvalue weighted by Gasteiger charge is -2.29. The minimum atomic E-state index is -2.98. The highest BCUT2D eigenvalue weighted by molar-refractivity contribution is 6.08. The van der Waals surface area contributed by atoms with E-state index < -0.39 is 24.5 Å². The summed E-state index contributed by atoms with van der Waals surface area (Å²) in [6.45, 7) is -1.30. The Kier molecular flexibility index (Phi) is 5.60. The Hall–Kier alpha value is -3.82. The summed E-state index contributed by atoms with van der Waals surface area (Å²) in [5.41, 5.74) is 1.89. The van der Waals surface area contributed by atoms with Gasteiger partial charge in [-0.15, -0.1) is 0 Å². The third-order valence-corrected chi connectivity index (χ3v) is 5.53. The molecule has 8 nitrogen and oxygen atoms in total. The molecule has 2 aliphatic heterocycles. The van der Waals surface area contributed by atoms with Gasteiger partial charge in [0.2, 0.25) is 11.8 Å². The molecule has 2 aromatic rings. The van der Waals surface area contributed by atoms with Crippen LogP contribution in [0.1, 0.15) is 44.7 Å². The zero-order chi connectivity index (χ0) is 23.0. The molecular weight excluding hydrogens is 424 g/mol. The number of hydrogen-bond donors (Lipinski definition) is 2. The van der Waals surface area contributed by atoms with Crippen molar-refractivity contribution in [2.24, 2.45) is 0 Å². The van der Waals surface area contributed by atoms with Crippen LogP contribution in [0.4, 0.5) is 14.5 Å². The predicted octanol–water partition coefficient (Wildman–Crippen LogP) is 2.61. The summed E-state index contributed by atoms with van der Waals surface area (Å²) in [6, 6.07) is 8.24. The Morgan fingerprint density at radius 3 is 2.72 bits per heavy atom. The van der Waals surface area contributed by atoms with Crippen LogP contribution in [0.5, 0.6) is 5.75 Å². The average Bonchev–Trinajstić information content (AvgIpc) is 3.06. The molecule has 0 bridgehead atoms. The van der Waals surface area contributed by atoms with Crippen LogP contribution in [-0.2, 0) is 16.1 Å². The van der Waals surface area contributed by atoms with E-state index in [1.54, 1.807) is 19.1 Å². The van der Waals surface area contributed by atoms with Crippen molar-refractivity contribution in [3.63, 3.8) is 0 Å². The number of nitrogens with zero attached hydrogens (tertiary/aromatic N) is 1. The molecule has 1 saturated heterocycles. The van der Waals surface area contributed by atoms with Crippen LogP contribution in [0.3, 0.4) is 0 Å². The fourth-order valence-electron chi connectivity index (χ4n) is 3.88. The van der Waals surface area contributed by atoms with E-state index in [-0.39, 0.29) is 42.5 Å². The number of halogens is 2. The van der Waals surface area contributed by atoms with Gasteiger partial charge in [0.1, 0.15) is 11.8 Å². The van der Waals surface area contributed by atoms with Crippen LogP contribution < -0.4 is 15.4 Å². The van der Waals surface area contributed by atoms with E-state index in [2.05, 4.69) is 15.4 Å². The number of piperidine rings is 1. The van der Waals surface area contributed by atoms with Gasteiger partial charge >= 0.3 is 6.61 Å². The smallest absolute Gasteiger partial charge is 0.387 e. The maximum absolute atomic E-state index is 12.8. The van der Waals surface area contributed by atoms with Crippen molar-refractivity contribution in [3.05, 3.63) is 58.7 Å². The summed E-state index contributed by atoms with van der Waals surface area (Å²) in [7, 11) is 0. The molecule has 0 radical (unpaired) electrons. The first kappa shape index (κ1) is 21.4. The SMILES string of the molecule is Cc1c(NC(=O)c2ccc3c(c2)CN(C2CCC(=O)NC2=O)C3=O)cccc1OC(F)F. The van der Waals surface area contributed by atoms with Crippen LogP contribution in [-0.4, -0.2) is 41.2 Å². The minimum absolute atomic E-state index is 0.0442. The van der Waals surface area contributed by atoms with Gasteiger partial charge in [0.15, 0.2) is 0 Å². The van der Waals surface area contributed by atoms with Gasteiger partial charge in [-0.05, 0) is 49.2 Å². The van der Waals surface area contributed by atoms with Crippen LogP contribution in [0, 0.1) is 6.92 Å². The third-order valence-electron chi connectivity index (χ3n) is 5.53. The molecule has 2 aliphatic rings. The van der Waals surface area contributed by atoms with Crippen molar-refractivity contribution in [2.45, 2.75) is 39.0 Å². The molecule has 0 spiro atoms. The highest BCUT2D eigenvalue weighted by atomic mass is 19.3. The summed E-state index contributed by atoms with van der Waals surface area (Å²) < 4.78 is 29.5. The van der Waals surface area contributed by atoms with Gasteiger partial charge in [0.05, 0.1) is 0 Å². The molecule has 166 valence electrons. The van der Waals surface area contributed by atoms with E-state index in [1.807, 2.05) is 0 Å². The number of amides is 4. The van der Waals surface area contributed by atoms with Crippen LogP contribution in [0.2, 0.25) is 0 Å². The normalized spacial score (nSPS) is 17.9. The molecule has 1 atom stereocenters. The highest BCUT2D eigenvalue weighted by Gasteiger charge is 2.39. The van der Waals surface area contributed by atoms with E-state index in [9.17, 15) is 28.0 Å². The van der Waals surface area contributed by atoms with Gasteiger partial charge in [0.25, 0.3) is 11.8 Å². The van der Waals surface area contributed by atoms with Crippen molar-refractivity contribution < 1.29 is 32.7 Å². The van der Waals surface area contributed by atoms with Crippen molar-refractivity contribution >= 4 is 29.3 Å². The summed E-state index contributed by atoms with van der Waals surface area (Å²) in [4.78, 5) is 50.4. The Balaban J connectivity index is 1.51. The van der Waals surface area contributed by atoms with Gasteiger partial charge < -0.3 is 15.0 Å². The first-order valence-electron chi connectivity index (χ1n) is 9.88. The van der Waals surface area contributed by atoms with Gasteiger partial charge in [-0.2, -0.15) is 8.78 Å². The molecule has 10 heteroatoms. The van der Waals surface area contributed by atoms with Crippen molar-refractivity contribution in [1.82, 2.24) is 10.2 Å². The fourth-order valence-corrected chi connectivity index (χ4v) is 3.88. The fraction of sp³-hybridized carbons (Fsp3) is 0.273. The lowest BCUT2D eigenvalue weighted by molar-refractivity contribution is -0.136. The van der Waals surface area contributed by atoms with E-state index in [4.69, 9.17) is 0 Å². The Labute approximate surface area is 181 Å². The molecular formula is C22H19F2N3O5. The van der Waals surface area contributed by atoms with Crippen molar-refractivity contribution in [3.8, 4) is 5.75 Å². The van der Waals surface area contributed by atoms with Gasteiger partial charge in [-0.1, -0.05) is 6.07 Å². The summed E-state index contributed by atoms with van der Waals surface area (Å²) in [5, 5.41) is 4.90. The van der Waals surface area contributed by atoms with Crippen molar-refractivity contribution in [2.75, 3.05) is 5.32 Å². The van der Waals surface area contributed by atoms with Crippen LogP contribution >= 0.6 is 0 Å². The number of carbonyl (C=O) groups is 4. The number of alkyl halides is 2. The van der Waals surface area contributed by atoms with Gasteiger partial charge in [-0.3, -0.25) is 24.5 Å². The first-order chi connectivity index (χ1) is 15.2. The molecule has 32 heavy (non-hydrogen) atoms. The second kappa shape index (κ2) is 8.37. The summed E-state index contributed by atoms with van der Waals surface area (Å²) in [6.07, 6.45) is 0.395. The Morgan fingerprint density at radius 2 is 2.00 bits per heavy atom. The average molecular weight is 443 g/mol. The van der Waals surface area contributed by atoms with Crippen LogP contribution in [0.25, 0.3) is 0 Å². The number of anilines is 1. The zero-order valence-corrected chi connectivity index (χ0v) is 17.0. The first-order valence-corrected chi connectivity index (χ1v) is 9.88. The molecule has 2 aromatic carbocycles. The summed E-state index contributed by atoms with van der Waals surface area (Å²) in [5.74, 6) is -1.75. The predicted molar refractivity (Wildman–Crippen MR) is 108 cm³/mol. The lowest BCUT2D eigenvalue weighted by atomic mass is 10.0. The maximum atomic E-state index is 12.8. The number of imide groups is 1. The molecule has 0 aliphatic carbocycles. The lowest BCUT2D eigenvalue weighted by Crippen LogP contribution is -2.52. The quantitative estimate of drug-likeness (QED) is 0.692. The monoisotopic (exact) mass is 443 g/mol. The maximum Gasteiger partial charge on any atom is 0.387 e. The molecule has 4 amide bonds. The molecule has 2 heterocycles. The molecule has 0 saturated carbocycles. The highest BCUT2D eigenvalue weighted by Crippen LogP contribution is 2.30. The number of nitrogens with one attached hydrogen (secondary N) is 2. The topological polar surface area (TPSA) is 105 Å². The third kappa shape index (κ3) is 4.03. The number of carbonyl (C=O) groups excluding carboxylic acids is 4. The Bertz CT molecular complexity index is 1130. The van der Waals surface area contributed by atoms with E-state index >= 15 is 0 Å². The molecule has 2 N–H and O–H groups in total. The van der Waals surface area contributed by atoms with Gasteiger partial charge in [0, 0.05) is 35.3 Å². The van der Waals surface area contributed by atoms with Crippen molar-refractivity contribution in [1.29, 1.82) is 0 Å². The van der Waals surface area contributed by atoms with Gasteiger partial charge in [-0.25, -0.2) is 0 Å². The van der Waals surface area contributed by atoms with E-state index in [1.165, 1.54) is 29.2 Å².